The largest absolute Gasteiger partial charge is 0.397 e. The molecule has 1 fully saturated rings. The summed E-state index contributed by atoms with van der Waals surface area (Å²) in [5, 5.41) is 3.47. The summed E-state index contributed by atoms with van der Waals surface area (Å²) in [4.78, 5) is 16.1. The lowest BCUT2D eigenvalue weighted by Gasteiger charge is -2.20. The van der Waals surface area contributed by atoms with Gasteiger partial charge in [0.1, 0.15) is 5.82 Å². The van der Waals surface area contributed by atoms with E-state index in [0.29, 0.717) is 23.1 Å². The number of rotatable bonds is 3. The van der Waals surface area contributed by atoms with E-state index in [1.165, 1.54) is 17.0 Å². The van der Waals surface area contributed by atoms with E-state index in [2.05, 4.69) is 26.0 Å². The van der Waals surface area contributed by atoms with Gasteiger partial charge >= 0.3 is 0 Å². The first-order chi connectivity index (χ1) is 9.02. The Bertz CT molecular complexity index is 549. The molecule has 1 saturated heterocycles. The first-order valence-electron chi connectivity index (χ1n) is 5.58. The molecule has 2 rings (SSSR count). The van der Waals surface area contributed by atoms with Gasteiger partial charge in [0.05, 0.1) is 11.4 Å². The third kappa shape index (κ3) is 2.80. The fourth-order valence-electron chi connectivity index (χ4n) is 2.14. The van der Waals surface area contributed by atoms with Gasteiger partial charge in [0.15, 0.2) is 0 Å². The smallest absolute Gasteiger partial charge is 0.227 e. The van der Waals surface area contributed by atoms with Crippen LogP contribution in [0.3, 0.4) is 0 Å². The van der Waals surface area contributed by atoms with Crippen LogP contribution in [0.2, 0.25) is 0 Å². The van der Waals surface area contributed by atoms with Crippen molar-refractivity contribution in [1.29, 1.82) is 0 Å². The molecule has 1 aliphatic rings. The van der Waals surface area contributed by atoms with Gasteiger partial charge in [-0.3, -0.25) is 4.79 Å². The van der Waals surface area contributed by atoms with E-state index in [9.17, 15) is 9.18 Å². The van der Waals surface area contributed by atoms with Gasteiger partial charge in [-0.2, -0.15) is 0 Å². The maximum absolute atomic E-state index is 13.2. The van der Waals surface area contributed by atoms with Crippen molar-refractivity contribution in [2.45, 2.75) is 6.42 Å². The Hall–Kier alpha value is -1.79. The van der Waals surface area contributed by atoms with Gasteiger partial charge in [-0.1, -0.05) is 5.11 Å². The van der Waals surface area contributed by atoms with Crippen LogP contribution in [0.25, 0.3) is 10.4 Å². The highest BCUT2D eigenvalue weighted by molar-refractivity contribution is 9.10. The Morgan fingerprint density at radius 2 is 2.37 bits per heavy atom. The van der Waals surface area contributed by atoms with Crippen molar-refractivity contribution in [2.75, 3.05) is 23.7 Å². The van der Waals surface area contributed by atoms with Crippen LogP contribution < -0.4 is 10.6 Å². The van der Waals surface area contributed by atoms with E-state index in [1.54, 1.807) is 0 Å². The van der Waals surface area contributed by atoms with E-state index >= 15 is 0 Å². The molecule has 0 saturated carbocycles. The minimum atomic E-state index is -0.467. The van der Waals surface area contributed by atoms with Gasteiger partial charge in [0.25, 0.3) is 0 Å². The molecule has 19 heavy (non-hydrogen) atoms. The number of carbonyl (C=O) groups is 1. The first-order valence-corrected chi connectivity index (χ1v) is 6.38. The van der Waals surface area contributed by atoms with Crippen molar-refractivity contribution in [3.8, 4) is 0 Å². The Morgan fingerprint density at radius 3 is 3.00 bits per heavy atom. The van der Waals surface area contributed by atoms with Crippen LogP contribution in [-0.2, 0) is 4.79 Å². The Balaban J connectivity index is 2.28. The predicted octanol–water partition coefficient (Wildman–Crippen LogP) is 2.83. The summed E-state index contributed by atoms with van der Waals surface area (Å²) in [6.45, 7) is 0.670. The molecule has 0 radical (unpaired) electrons. The molecule has 1 unspecified atom stereocenters. The molecular weight excluding hydrogens is 317 g/mol. The lowest BCUT2D eigenvalue weighted by atomic mass is 10.1. The summed E-state index contributed by atoms with van der Waals surface area (Å²) >= 11 is 3.21. The third-order valence-electron chi connectivity index (χ3n) is 2.94. The number of nitrogen functional groups attached to an aromatic ring is 1. The quantitative estimate of drug-likeness (QED) is 0.400. The summed E-state index contributed by atoms with van der Waals surface area (Å²) in [5.74, 6) is -0.623. The number of benzene rings is 1. The molecule has 1 amide bonds. The van der Waals surface area contributed by atoms with Crippen LogP contribution in [-0.4, -0.2) is 19.0 Å². The minimum absolute atomic E-state index is 0.0419. The summed E-state index contributed by atoms with van der Waals surface area (Å²) in [6, 6.07) is 2.44. The van der Waals surface area contributed by atoms with Gasteiger partial charge in [-0.15, -0.1) is 0 Å². The monoisotopic (exact) mass is 327 g/mol. The van der Waals surface area contributed by atoms with Crippen molar-refractivity contribution in [2.24, 2.45) is 11.0 Å². The van der Waals surface area contributed by atoms with E-state index in [4.69, 9.17) is 11.3 Å². The number of nitrogens with two attached hydrogens (primary N) is 1. The second-order valence-corrected chi connectivity index (χ2v) is 5.17. The molecule has 1 aliphatic heterocycles. The number of hydrogen-bond donors (Lipinski definition) is 1. The highest BCUT2D eigenvalue weighted by Gasteiger charge is 2.32. The molecule has 0 aromatic heterocycles. The number of hydrogen-bond acceptors (Lipinski definition) is 3. The molecule has 1 aromatic carbocycles. The molecule has 8 heteroatoms. The number of amides is 1. The van der Waals surface area contributed by atoms with Crippen LogP contribution in [0.15, 0.2) is 21.7 Å². The number of halogens is 2. The first kappa shape index (κ1) is 13.6. The Kier molecular flexibility index (Phi) is 3.92. The standard InChI is InChI=1S/C11H11BrFN5O/c12-8-2-7(13)3-9(14)11(8)18-5-6(1-10(18)19)4-16-17-15/h2-3,6H,1,4-5,14H2. The van der Waals surface area contributed by atoms with E-state index in [0.717, 1.165) is 0 Å². The SMILES string of the molecule is [N-]=[N+]=NCC1CC(=O)N(c2c(N)cc(F)cc2Br)C1. The maximum atomic E-state index is 13.2. The molecule has 0 aliphatic carbocycles. The van der Waals surface area contributed by atoms with Crippen LogP contribution >= 0.6 is 15.9 Å². The summed E-state index contributed by atoms with van der Waals surface area (Å²) < 4.78 is 13.6. The molecular formula is C11H11BrFN5O. The summed E-state index contributed by atoms with van der Waals surface area (Å²) in [5.41, 5.74) is 14.7. The van der Waals surface area contributed by atoms with Crippen molar-refractivity contribution in [3.05, 3.63) is 32.9 Å². The van der Waals surface area contributed by atoms with Crippen LogP contribution in [0.4, 0.5) is 15.8 Å². The van der Waals surface area contributed by atoms with E-state index < -0.39 is 5.82 Å². The molecule has 100 valence electrons. The average Bonchev–Trinajstić information content (AvgIpc) is 2.67. The molecule has 1 heterocycles. The predicted molar refractivity (Wildman–Crippen MR) is 73.0 cm³/mol. The van der Waals surface area contributed by atoms with Crippen molar-refractivity contribution in [1.82, 2.24) is 0 Å². The van der Waals surface area contributed by atoms with Crippen LogP contribution in [0, 0.1) is 11.7 Å². The van der Waals surface area contributed by atoms with Gasteiger partial charge in [0, 0.05) is 28.9 Å². The van der Waals surface area contributed by atoms with Gasteiger partial charge in [0.2, 0.25) is 5.91 Å². The molecule has 0 spiro atoms. The molecule has 2 N–H and O–H groups in total. The Labute approximate surface area is 117 Å². The zero-order valence-corrected chi connectivity index (χ0v) is 11.5. The van der Waals surface area contributed by atoms with Gasteiger partial charge < -0.3 is 10.6 Å². The van der Waals surface area contributed by atoms with Crippen molar-refractivity contribution in [3.63, 3.8) is 0 Å². The number of nitrogens with zero attached hydrogens (tertiary/aromatic N) is 4. The summed E-state index contributed by atoms with van der Waals surface area (Å²) in [7, 11) is 0. The van der Waals surface area contributed by atoms with Gasteiger partial charge in [-0.25, -0.2) is 4.39 Å². The number of azide groups is 1. The number of anilines is 2. The van der Waals surface area contributed by atoms with Crippen LogP contribution in [0.5, 0.6) is 0 Å². The van der Waals surface area contributed by atoms with Crippen molar-refractivity contribution < 1.29 is 9.18 Å². The van der Waals surface area contributed by atoms with E-state index in [1.807, 2.05) is 0 Å². The maximum Gasteiger partial charge on any atom is 0.227 e. The Morgan fingerprint density at radius 1 is 1.63 bits per heavy atom. The average molecular weight is 328 g/mol. The second-order valence-electron chi connectivity index (χ2n) is 4.31. The minimum Gasteiger partial charge on any atom is -0.397 e. The third-order valence-corrected chi connectivity index (χ3v) is 3.54. The lowest BCUT2D eigenvalue weighted by molar-refractivity contribution is -0.117. The topological polar surface area (TPSA) is 95.1 Å². The van der Waals surface area contributed by atoms with E-state index in [-0.39, 0.29) is 24.1 Å². The molecule has 6 nitrogen and oxygen atoms in total. The second kappa shape index (κ2) is 5.46. The highest BCUT2D eigenvalue weighted by Crippen LogP contribution is 2.37. The highest BCUT2D eigenvalue weighted by atomic mass is 79.9. The van der Waals surface area contributed by atoms with Gasteiger partial charge in [-0.05, 0) is 39.5 Å². The lowest BCUT2D eigenvalue weighted by Crippen LogP contribution is -2.26. The zero-order chi connectivity index (χ0) is 14.0. The van der Waals surface area contributed by atoms with Crippen LogP contribution in [0.1, 0.15) is 6.42 Å². The van der Waals surface area contributed by atoms with Crippen molar-refractivity contribution >= 4 is 33.2 Å². The molecule has 0 bridgehead atoms. The normalized spacial score (nSPS) is 18.5. The zero-order valence-electron chi connectivity index (χ0n) is 9.88. The fourth-order valence-corrected chi connectivity index (χ4v) is 2.80. The molecule has 1 atom stereocenters. The molecule has 1 aromatic rings. The fraction of sp³-hybridized carbons (Fsp3) is 0.364. The summed E-state index contributed by atoms with van der Waals surface area (Å²) in [6.07, 6.45) is 0.294. The number of carbonyl (C=O) groups excluding carboxylic acids is 1.